The van der Waals surface area contributed by atoms with Crippen molar-refractivity contribution in [2.45, 2.75) is 18.4 Å². The van der Waals surface area contributed by atoms with Gasteiger partial charge in [-0.1, -0.05) is 36.4 Å². The van der Waals surface area contributed by atoms with Crippen LogP contribution in [-0.2, 0) is 4.79 Å². The lowest BCUT2D eigenvalue weighted by molar-refractivity contribution is -0.117. The van der Waals surface area contributed by atoms with Gasteiger partial charge in [-0.2, -0.15) is 0 Å². The number of carbonyl (C=O) groups excluding carboxylic acids is 1. The summed E-state index contributed by atoms with van der Waals surface area (Å²) in [6.07, 6.45) is 8.30. The second kappa shape index (κ2) is 8.08. The van der Waals surface area contributed by atoms with Gasteiger partial charge in [0, 0.05) is 25.0 Å². The lowest BCUT2D eigenvalue weighted by Crippen LogP contribution is -2.29. The maximum atomic E-state index is 12.4. The van der Waals surface area contributed by atoms with Crippen LogP contribution in [0.4, 0.5) is 0 Å². The molecule has 3 rings (SSSR count). The van der Waals surface area contributed by atoms with Crippen LogP contribution >= 0.6 is 0 Å². The fourth-order valence-electron chi connectivity index (χ4n) is 3.25. The first kappa shape index (κ1) is 17.4. The van der Waals surface area contributed by atoms with Gasteiger partial charge in [0.05, 0.1) is 6.04 Å². The van der Waals surface area contributed by atoms with E-state index >= 15 is 0 Å². The van der Waals surface area contributed by atoms with Crippen LogP contribution in [0.2, 0.25) is 0 Å². The predicted octanol–water partition coefficient (Wildman–Crippen LogP) is 3.16. The lowest BCUT2D eigenvalue weighted by Gasteiger charge is -2.19. The van der Waals surface area contributed by atoms with E-state index in [4.69, 9.17) is 0 Å². The zero-order valence-electron chi connectivity index (χ0n) is 14.8. The van der Waals surface area contributed by atoms with Crippen LogP contribution < -0.4 is 5.32 Å². The highest BCUT2D eigenvalue weighted by molar-refractivity contribution is 5.87. The Bertz CT molecular complexity index is 712. The molecule has 1 fully saturated rings. The summed E-state index contributed by atoms with van der Waals surface area (Å²) in [4.78, 5) is 18.5. The molecule has 1 heterocycles. The van der Waals surface area contributed by atoms with E-state index in [-0.39, 0.29) is 11.9 Å². The maximum absolute atomic E-state index is 12.4. The Balaban J connectivity index is 1.71. The van der Waals surface area contributed by atoms with E-state index in [0.29, 0.717) is 11.8 Å². The third kappa shape index (κ3) is 4.77. The first-order valence-electron chi connectivity index (χ1n) is 8.72. The Morgan fingerprint density at radius 3 is 2.64 bits per heavy atom. The van der Waals surface area contributed by atoms with Gasteiger partial charge >= 0.3 is 0 Å². The molecule has 4 heteroatoms. The van der Waals surface area contributed by atoms with Crippen LogP contribution in [0.1, 0.15) is 29.5 Å². The van der Waals surface area contributed by atoms with Crippen molar-refractivity contribution in [3.63, 3.8) is 0 Å². The van der Waals surface area contributed by atoms with Crippen molar-refractivity contribution in [3.05, 3.63) is 78.1 Å². The number of aromatic nitrogens is 1. The van der Waals surface area contributed by atoms with E-state index < -0.39 is 0 Å². The van der Waals surface area contributed by atoms with Gasteiger partial charge in [0.1, 0.15) is 0 Å². The predicted molar refractivity (Wildman–Crippen MR) is 100 cm³/mol. The molecule has 1 aromatic carbocycles. The number of nitrogens with zero attached hydrogens (tertiary/aromatic N) is 2. The fourth-order valence-corrected chi connectivity index (χ4v) is 3.25. The highest BCUT2D eigenvalue weighted by atomic mass is 16.1. The molecule has 0 bridgehead atoms. The summed E-state index contributed by atoms with van der Waals surface area (Å²) < 4.78 is 0. The second-order valence-corrected chi connectivity index (χ2v) is 6.85. The SMILES string of the molecule is CN(C)C/C=C/C(=O)NC(c1ccccc1)C1CC1c1ccncc1. The summed E-state index contributed by atoms with van der Waals surface area (Å²) in [5.74, 6) is 0.881. The molecule has 0 saturated heterocycles. The molecule has 4 nitrogen and oxygen atoms in total. The van der Waals surface area contributed by atoms with E-state index in [0.717, 1.165) is 13.0 Å². The summed E-state index contributed by atoms with van der Waals surface area (Å²) in [6, 6.07) is 14.4. The van der Waals surface area contributed by atoms with Gasteiger partial charge in [0.15, 0.2) is 0 Å². The van der Waals surface area contributed by atoms with Crippen LogP contribution in [0.3, 0.4) is 0 Å². The van der Waals surface area contributed by atoms with Crippen molar-refractivity contribution in [1.29, 1.82) is 0 Å². The molecule has 2 aromatic rings. The van der Waals surface area contributed by atoms with Crippen molar-refractivity contribution in [2.75, 3.05) is 20.6 Å². The van der Waals surface area contributed by atoms with E-state index in [1.807, 2.05) is 55.7 Å². The van der Waals surface area contributed by atoms with Crippen LogP contribution in [0, 0.1) is 5.92 Å². The van der Waals surface area contributed by atoms with Gasteiger partial charge < -0.3 is 10.2 Å². The molecular formula is C21H25N3O. The summed E-state index contributed by atoms with van der Waals surface area (Å²) in [6.45, 7) is 0.756. The minimum Gasteiger partial charge on any atom is -0.345 e. The number of rotatable bonds is 7. The van der Waals surface area contributed by atoms with Crippen LogP contribution in [0.25, 0.3) is 0 Å². The Kier molecular flexibility index (Phi) is 5.61. The monoisotopic (exact) mass is 335 g/mol. The zero-order chi connectivity index (χ0) is 17.6. The average molecular weight is 335 g/mol. The molecule has 0 spiro atoms. The molecule has 3 atom stereocenters. The van der Waals surface area contributed by atoms with E-state index in [9.17, 15) is 4.79 Å². The lowest BCUT2D eigenvalue weighted by atomic mass is 9.99. The smallest absolute Gasteiger partial charge is 0.244 e. The molecule has 1 aromatic heterocycles. The first-order chi connectivity index (χ1) is 12.1. The zero-order valence-corrected chi connectivity index (χ0v) is 14.8. The van der Waals surface area contributed by atoms with Gasteiger partial charge in [0.25, 0.3) is 0 Å². The maximum Gasteiger partial charge on any atom is 0.244 e. The van der Waals surface area contributed by atoms with E-state index in [2.05, 4.69) is 34.6 Å². The fraction of sp³-hybridized carbons (Fsp3) is 0.333. The summed E-state index contributed by atoms with van der Waals surface area (Å²) in [7, 11) is 3.97. The van der Waals surface area contributed by atoms with E-state index in [1.54, 1.807) is 6.08 Å². The topological polar surface area (TPSA) is 45.2 Å². The van der Waals surface area contributed by atoms with Crippen LogP contribution in [0.15, 0.2) is 67.0 Å². The van der Waals surface area contributed by atoms with Crippen molar-refractivity contribution >= 4 is 5.91 Å². The highest BCUT2D eigenvalue weighted by Crippen LogP contribution is 2.53. The molecule has 1 saturated carbocycles. The molecule has 0 radical (unpaired) electrons. The average Bonchev–Trinajstić information content (AvgIpc) is 3.41. The van der Waals surface area contributed by atoms with Crippen LogP contribution in [0.5, 0.6) is 0 Å². The Hall–Kier alpha value is -2.46. The molecule has 130 valence electrons. The Morgan fingerprint density at radius 1 is 1.24 bits per heavy atom. The molecule has 1 aliphatic rings. The third-order valence-corrected chi connectivity index (χ3v) is 4.60. The molecule has 1 aliphatic carbocycles. The molecule has 25 heavy (non-hydrogen) atoms. The number of nitrogens with one attached hydrogen (secondary N) is 1. The van der Waals surface area contributed by atoms with Crippen molar-refractivity contribution in [2.24, 2.45) is 5.92 Å². The first-order valence-corrected chi connectivity index (χ1v) is 8.72. The van der Waals surface area contributed by atoms with Gasteiger partial charge in [-0.3, -0.25) is 9.78 Å². The second-order valence-electron chi connectivity index (χ2n) is 6.85. The number of likely N-dealkylation sites (N-methyl/N-ethyl adjacent to an activating group) is 1. The highest BCUT2D eigenvalue weighted by Gasteiger charge is 2.44. The minimum absolute atomic E-state index is 0.0314. The standard InChI is InChI=1S/C21H25N3O/c1-24(2)14-6-9-20(25)23-21(17-7-4-3-5-8-17)19-15-18(19)16-10-12-22-13-11-16/h3-13,18-19,21H,14-15H2,1-2H3,(H,23,25)/b9-6+. The van der Waals surface area contributed by atoms with Crippen molar-refractivity contribution in [3.8, 4) is 0 Å². The number of hydrogen-bond acceptors (Lipinski definition) is 3. The van der Waals surface area contributed by atoms with E-state index in [1.165, 1.54) is 11.1 Å². The Labute approximate surface area is 149 Å². The normalized spacial score (nSPS) is 20.6. The van der Waals surface area contributed by atoms with Crippen molar-refractivity contribution in [1.82, 2.24) is 15.2 Å². The van der Waals surface area contributed by atoms with Crippen molar-refractivity contribution < 1.29 is 4.79 Å². The quantitative estimate of drug-likeness (QED) is 0.791. The summed E-state index contributed by atoms with van der Waals surface area (Å²) in [5.41, 5.74) is 2.47. The summed E-state index contributed by atoms with van der Waals surface area (Å²) >= 11 is 0. The molecule has 0 aliphatic heterocycles. The van der Waals surface area contributed by atoms with Gasteiger partial charge in [-0.15, -0.1) is 0 Å². The Morgan fingerprint density at radius 2 is 1.96 bits per heavy atom. The molecule has 3 unspecified atom stereocenters. The number of hydrogen-bond donors (Lipinski definition) is 1. The van der Waals surface area contributed by atoms with Crippen LogP contribution in [-0.4, -0.2) is 36.4 Å². The number of carbonyl (C=O) groups is 1. The van der Waals surface area contributed by atoms with Gasteiger partial charge in [-0.05, 0) is 55.6 Å². The van der Waals surface area contributed by atoms with Gasteiger partial charge in [0.2, 0.25) is 5.91 Å². The third-order valence-electron chi connectivity index (χ3n) is 4.60. The number of benzene rings is 1. The number of amides is 1. The molecule has 1 amide bonds. The molecular weight excluding hydrogens is 310 g/mol. The summed E-state index contributed by atoms with van der Waals surface area (Å²) in [5, 5.41) is 3.21. The number of pyridine rings is 1. The molecule has 1 N–H and O–H groups in total. The van der Waals surface area contributed by atoms with Gasteiger partial charge in [-0.25, -0.2) is 0 Å². The minimum atomic E-state index is -0.0314. The largest absolute Gasteiger partial charge is 0.345 e.